The van der Waals surface area contributed by atoms with Crippen molar-refractivity contribution in [1.29, 1.82) is 0 Å². The topological polar surface area (TPSA) is 373 Å². The number of carbonyl (C=O) groups is 4. The third-order valence-electron chi connectivity index (χ3n) is 19.3. The molecule has 35 heteroatoms. The van der Waals surface area contributed by atoms with Crippen LogP contribution in [0.4, 0.5) is 26.3 Å². The second kappa shape index (κ2) is 38.0. The number of allylic oxidation sites excluding steroid dienone is 4. The summed E-state index contributed by atoms with van der Waals surface area (Å²) >= 11 is 0. The van der Waals surface area contributed by atoms with Crippen molar-refractivity contribution >= 4 is 88.5 Å². The minimum absolute atomic E-state index is 0.0223. The smallest absolute Gasteiger partial charge is 0.416 e. The summed E-state index contributed by atoms with van der Waals surface area (Å²) in [6.07, 6.45) is 6.63. The highest BCUT2D eigenvalue weighted by molar-refractivity contribution is 7.92. The van der Waals surface area contributed by atoms with Crippen molar-refractivity contribution in [3.63, 3.8) is 0 Å². The highest BCUT2D eigenvalue weighted by atomic mass is 32.2. The van der Waals surface area contributed by atoms with Gasteiger partial charge in [0.15, 0.2) is 59.0 Å². The lowest BCUT2D eigenvalue weighted by molar-refractivity contribution is -0.138. The molecule has 0 saturated heterocycles. The van der Waals surface area contributed by atoms with Gasteiger partial charge in [0, 0.05) is 48.7 Å². The Morgan fingerprint density at radius 2 is 0.746 bits per heavy atom. The van der Waals surface area contributed by atoms with Crippen molar-refractivity contribution < 1.29 is 121 Å². The Morgan fingerprint density at radius 1 is 0.393 bits per heavy atom. The van der Waals surface area contributed by atoms with Gasteiger partial charge in [0.1, 0.15) is 10.6 Å². The molecule has 11 aromatic rings. The van der Waals surface area contributed by atoms with E-state index >= 15 is 0 Å². The number of carboxylic acids is 4. The van der Waals surface area contributed by atoms with E-state index in [9.17, 15) is 111 Å². The molecule has 12 rings (SSSR count). The third kappa shape index (κ3) is 23.2. The zero-order valence-electron chi connectivity index (χ0n) is 66.0. The van der Waals surface area contributed by atoms with E-state index < -0.39 is 134 Å². The number of ether oxygens (including phenoxy) is 1. The van der Waals surface area contributed by atoms with Crippen molar-refractivity contribution in [2.24, 2.45) is 0 Å². The zero-order valence-corrected chi connectivity index (χ0v) is 70.9. The summed E-state index contributed by atoms with van der Waals surface area (Å²) in [4.78, 5) is 44.6. The molecule has 0 fully saturated rings. The Balaban J connectivity index is 0.000000185. The highest BCUT2D eigenvalue weighted by Gasteiger charge is 2.35. The predicted molar refractivity (Wildman–Crippen MR) is 444 cm³/mol. The fourth-order valence-electron chi connectivity index (χ4n) is 13.1. The Morgan fingerprint density at radius 3 is 1.08 bits per heavy atom. The molecule has 642 valence electrons. The van der Waals surface area contributed by atoms with E-state index in [-0.39, 0.29) is 69.3 Å². The summed E-state index contributed by atoms with van der Waals surface area (Å²) < 4.78 is 242. The molecular formula is C87H80F6N2O21S6. The van der Waals surface area contributed by atoms with Crippen LogP contribution in [0.25, 0.3) is 28.1 Å². The number of halogens is 6. The van der Waals surface area contributed by atoms with E-state index in [1.54, 1.807) is 82.0 Å². The summed E-state index contributed by atoms with van der Waals surface area (Å²) in [6.45, 7) is 7.21. The molecule has 0 saturated carbocycles. The molecule has 0 atom stereocenters. The van der Waals surface area contributed by atoms with Crippen LogP contribution in [0.5, 0.6) is 5.75 Å². The van der Waals surface area contributed by atoms with Crippen LogP contribution in [0.3, 0.4) is 0 Å². The van der Waals surface area contributed by atoms with E-state index in [0.717, 1.165) is 65.6 Å². The molecule has 122 heavy (non-hydrogen) atoms. The lowest BCUT2D eigenvalue weighted by Gasteiger charge is -2.16. The van der Waals surface area contributed by atoms with Crippen molar-refractivity contribution in [2.45, 2.75) is 118 Å². The fraction of sp³-hybridized carbons (Fsp3) is 0.195. The molecule has 0 radical (unpaired) electrons. The molecule has 2 aromatic heterocycles. The molecule has 0 amide bonds. The van der Waals surface area contributed by atoms with Crippen LogP contribution in [-0.4, -0.2) is 124 Å². The third-order valence-corrected chi connectivity index (χ3v) is 28.4. The van der Waals surface area contributed by atoms with Gasteiger partial charge in [0.2, 0.25) is 0 Å². The van der Waals surface area contributed by atoms with Gasteiger partial charge in [-0.2, -0.15) is 26.3 Å². The molecule has 9 aromatic carbocycles. The number of rotatable bonds is 26. The van der Waals surface area contributed by atoms with Crippen molar-refractivity contribution in [2.75, 3.05) is 19.6 Å². The van der Waals surface area contributed by atoms with Gasteiger partial charge in [-0.1, -0.05) is 99.2 Å². The first-order valence-corrected chi connectivity index (χ1v) is 47.1. The van der Waals surface area contributed by atoms with Gasteiger partial charge in [-0.3, -0.25) is 0 Å². The van der Waals surface area contributed by atoms with Gasteiger partial charge in [-0.05, 0) is 233 Å². The number of hydrogen-bond acceptors (Lipinski definition) is 17. The molecule has 0 bridgehead atoms. The monoisotopic (exact) mass is 1790 g/mol. The van der Waals surface area contributed by atoms with E-state index in [1.165, 1.54) is 113 Å². The Kier molecular flexibility index (Phi) is 29.2. The number of alkyl halides is 6. The van der Waals surface area contributed by atoms with E-state index in [1.807, 2.05) is 49.4 Å². The first-order valence-electron chi connectivity index (χ1n) is 36.7. The number of carboxylic acid groups (broad SMARTS) is 4. The molecular weight excluding hydrogens is 1720 g/mol. The number of methoxy groups -OCH3 is 1. The lowest BCUT2D eigenvalue weighted by atomic mass is 9.99. The van der Waals surface area contributed by atoms with Crippen LogP contribution < -0.4 is 4.74 Å². The second-order valence-electron chi connectivity index (χ2n) is 27.9. The first-order chi connectivity index (χ1) is 57.0. The Labute approximate surface area is 700 Å². The Bertz CT molecular complexity index is 6470. The van der Waals surface area contributed by atoms with Crippen LogP contribution in [-0.2, 0) is 114 Å². The summed E-state index contributed by atoms with van der Waals surface area (Å²) in [5.74, 6) is -7.56. The van der Waals surface area contributed by atoms with Crippen molar-refractivity contribution in [3.05, 3.63) is 321 Å². The molecule has 23 nitrogen and oxygen atoms in total. The van der Waals surface area contributed by atoms with Gasteiger partial charge in [0.05, 0.1) is 88.0 Å². The maximum atomic E-state index is 13.4. The number of benzene rings is 9. The lowest BCUT2D eigenvalue weighted by Crippen LogP contribution is -2.13. The average molecular weight is 1800 g/mol. The first kappa shape index (κ1) is 93.8. The minimum atomic E-state index is -4.66. The highest BCUT2D eigenvalue weighted by Crippen LogP contribution is 2.39. The van der Waals surface area contributed by atoms with Gasteiger partial charge < -0.3 is 34.3 Å². The molecule has 0 unspecified atom stereocenters. The average Bonchev–Trinajstić information content (AvgIpc) is 0.972. The van der Waals surface area contributed by atoms with Crippen LogP contribution >= 0.6 is 0 Å². The van der Waals surface area contributed by atoms with Crippen LogP contribution in [0.15, 0.2) is 267 Å². The van der Waals surface area contributed by atoms with Gasteiger partial charge >= 0.3 is 36.2 Å². The number of aryl methyl sites for hydroxylation is 4. The standard InChI is InChI=1S/C24H24O6S2.C22H22O6S2.C21H18F3NO4S.C20H16F3NO5S/c1-4-17-8-9-19(24(25)26)14-23(17)32(29,30)15-20-13-21(31(3,27)28)10-11-22(20)18-7-5-6-16(2)12-18;1-3-15-8-9-17(22(23)24)13-21(15)30(27,28)14-18-12-19(29(2,25)26)10-11-20(18)16-6-4-5-7-16;1-2-14-5-6-15(20(26)27)12-19(14)30(28,29)13-16-11-17(21(22,23)24)7-8-18(16)25-9-3-4-10-25;1-29-17-7-4-13(19(25)26)11-18(17)30(27,28)12-14-10-15(20(21,22)23)5-6-16(14)24-8-2-3-9-24/h5-14H,4,15H2,1-3H3,(H,25,26);4-6,8-13H,3,7,14H2,1-2H3,(H,23,24);3-12H,2,13H2,1H3,(H,26,27);2-11H,12H2,1H3,(H,25,26). The summed E-state index contributed by atoms with van der Waals surface area (Å²) in [7, 11) is -22.2. The van der Waals surface area contributed by atoms with E-state index in [0.29, 0.717) is 70.3 Å². The second-order valence-corrected chi connectivity index (χ2v) is 39.8. The molecule has 4 N–H and O–H groups in total. The molecule has 2 heterocycles. The predicted octanol–water partition coefficient (Wildman–Crippen LogP) is 16.9. The SMILES string of the molecule is CCc1ccc(C(=O)O)cc1S(=O)(=O)Cc1cc(C(F)(F)F)ccc1-n1cccc1.CCc1ccc(C(=O)O)cc1S(=O)(=O)Cc1cc(S(C)(=O)=O)ccc1-c1cccc(C)c1.CCc1ccc(C(=O)O)cc1S(=O)(=O)Cc1cc(S(C)(=O)=O)ccc1C1=CC=CC1.COc1ccc(C(=O)O)cc1S(=O)(=O)Cc1cc(C(F)(F)F)ccc1-n1cccc1. The Hall–Kier alpha value is -12.0. The van der Waals surface area contributed by atoms with Crippen molar-refractivity contribution in [1.82, 2.24) is 9.13 Å². The zero-order chi connectivity index (χ0) is 90.0. The minimum Gasteiger partial charge on any atom is -0.495 e. The maximum absolute atomic E-state index is 13.4. The van der Waals surface area contributed by atoms with Gasteiger partial charge in [0.25, 0.3) is 0 Å². The molecule has 1 aliphatic rings. The molecule has 1 aliphatic carbocycles. The summed E-state index contributed by atoms with van der Waals surface area (Å²) in [6, 6.07) is 44.1. The molecule has 0 aliphatic heterocycles. The fourth-order valence-corrected chi connectivity index (χ4v) is 21.2. The van der Waals surface area contributed by atoms with Crippen molar-refractivity contribution in [3.8, 4) is 28.3 Å². The number of hydrogen-bond donors (Lipinski definition) is 4. The van der Waals surface area contributed by atoms with Gasteiger partial charge in [-0.25, -0.2) is 69.7 Å². The van der Waals surface area contributed by atoms with Crippen LogP contribution in [0, 0.1) is 6.92 Å². The van der Waals surface area contributed by atoms with E-state index in [4.69, 9.17) is 9.84 Å². The number of aromatic nitrogens is 2. The largest absolute Gasteiger partial charge is 0.495 e. The quantitative estimate of drug-likeness (QED) is 0.0366. The summed E-state index contributed by atoms with van der Waals surface area (Å²) in [5, 5.41) is 36.9. The van der Waals surface area contributed by atoms with Crippen LogP contribution in [0.1, 0.15) is 130 Å². The number of aromatic carboxylic acids is 4. The molecule has 0 spiro atoms. The van der Waals surface area contributed by atoms with E-state index in [2.05, 4.69) is 0 Å². The van der Waals surface area contributed by atoms with Gasteiger partial charge in [-0.15, -0.1) is 0 Å². The van der Waals surface area contributed by atoms with Crippen LogP contribution in [0.2, 0.25) is 0 Å². The normalized spacial score (nSPS) is 12.5. The number of nitrogens with zero attached hydrogens (tertiary/aromatic N) is 2. The maximum Gasteiger partial charge on any atom is 0.416 e. The number of sulfone groups is 6. The summed E-state index contributed by atoms with van der Waals surface area (Å²) in [5.41, 5.74) is 3.79.